The van der Waals surface area contributed by atoms with Crippen molar-refractivity contribution in [3.63, 3.8) is 0 Å². The summed E-state index contributed by atoms with van der Waals surface area (Å²) in [5.74, 6) is 0.185. The Bertz CT molecular complexity index is 617. The molecule has 1 aliphatic rings. The van der Waals surface area contributed by atoms with Crippen molar-refractivity contribution in [3.05, 3.63) is 41.2 Å². The molecule has 3 rings (SSSR count). The van der Waals surface area contributed by atoms with E-state index in [1.165, 1.54) is 23.5 Å². The molecular weight excluding hydrogens is 303 g/mol. The lowest BCUT2D eigenvalue weighted by atomic mass is 9.91. The lowest BCUT2D eigenvalue weighted by Gasteiger charge is -2.32. The fraction of sp³-hybridized carbons (Fsp3) is 0.400. The second-order valence-electron chi connectivity index (χ2n) is 5.46. The smallest absolute Gasteiger partial charge is 0.323 e. The number of hydrogen-bond acceptors (Lipinski definition) is 4. The van der Waals surface area contributed by atoms with E-state index < -0.39 is 0 Å². The summed E-state index contributed by atoms with van der Waals surface area (Å²) < 4.78 is 12.9. The van der Waals surface area contributed by atoms with Crippen LogP contribution >= 0.6 is 11.3 Å². The summed E-state index contributed by atoms with van der Waals surface area (Å²) in [5.41, 5.74) is 2.70. The average Bonchev–Trinajstić information content (AvgIpc) is 3.03. The minimum absolute atomic E-state index is 0.124. The molecule has 1 saturated heterocycles. The highest BCUT2D eigenvalue weighted by atomic mass is 32.1. The van der Waals surface area contributed by atoms with Gasteiger partial charge in [0.15, 0.2) is 0 Å². The SMILES string of the molecule is O=C(Nc1nncs1)N1CCC[C@@H](Cc2ccc(F)cc2)C1. The third-order valence-corrected chi connectivity index (χ3v) is 4.42. The van der Waals surface area contributed by atoms with E-state index in [2.05, 4.69) is 15.5 Å². The molecule has 0 radical (unpaired) electrons. The van der Waals surface area contributed by atoms with Crippen molar-refractivity contribution in [3.8, 4) is 0 Å². The van der Waals surface area contributed by atoms with Gasteiger partial charge in [0.05, 0.1) is 0 Å². The van der Waals surface area contributed by atoms with Crippen LogP contribution in [0.25, 0.3) is 0 Å². The first-order valence-electron chi connectivity index (χ1n) is 7.27. The van der Waals surface area contributed by atoms with Crippen LogP contribution in [0, 0.1) is 11.7 Å². The van der Waals surface area contributed by atoms with Crippen molar-refractivity contribution in [2.45, 2.75) is 19.3 Å². The van der Waals surface area contributed by atoms with E-state index >= 15 is 0 Å². The van der Waals surface area contributed by atoms with Crippen molar-refractivity contribution >= 4 is 22.5 Å². The summed E-state index contributed by atoms with van der Waals surface area (Å²) in [4.78, 5) is 14.0. The molecule has 7 heteroatoms. The highest BCUT2D eigenvalue weighted by Gasteiger charge is 2.24. The van der Waals surface area contributed by atoms with Crippen molar-refractivity contribution in [1.82, 2.24) is 15.1 Å². The number of anilines is 1. The van der Waals surface area contributed by atoms with Crippen LogP contribution in [-0.2, 0) is 6.42 Å². The van der Waals surface area contributed by atoms with Gasteiger partial charge in [0.1, 0.15) is 11.3 Å². The number of halogens is 1. The van der Waals surface area contributed by atoms with Gasteiger partial charge in [-0.15, -0.1) is 10.2 Å². The minimum Gasteiger partial charge on any atom is -0.324 e. The topological polar surface area (TPSA) is 58.1 Å². The fourth-order valence-electron chi connectivity index (χ4n) is 2.77. The van der Waals surface area contributed by atoms with Gasteiger partial charge in [-0.25, -0.2) is 9.18 Å². The van der Waals surface area contributed by atoms with E-state index in [1.54, 1.807) is 5.51 Å². The first kappa shape index (κ1) is 14.9. The predicted octanol–water partition coefficient (Wildman–Crippen LogP) is 3.16. The molecular formula is C15H17FN4OS. The largest absolute Gasteiger partial charge is 0.324 e. The van der Waals surface area contributed by atoms with E-state index in [1.807, 2.05) is 17.0 Å². The number of carbonyl (C=O) groups excluding carboxylic acids is 1. The number of nitrogens with zero attached hydrogens (tertiary/aromatic N) is 3. The van der Waals surface area contributed by atoms with Gasteiger partial charge < -0.3 is 4.90 Å². The number of aromatic nitrogens is 2. The van der Waals surface area contributed by atoms with Gasteiger partial charge in [0.2, 0.25) is 5.13 Å². The monoisotopic (exact) mass is 320 g/mol. The summed E-state index contributed by atoms with van der Waals surface area (Å²) in [7, 11) is 0. The molecule has 0 bridgehead atoms. The molecule has 0 spiro atoms. The van der Waals surface area contributed by atoms with Gasteiger partial charge in [-0.1, -0.05) is 23.5 Å². The molecule has 1 aromatic carbocycles. The first-order chi connectivity index (χ1) is 10.7. The number of likely N-dealkylation sites (tertiary alicyclic amines) is 1. The van der Waals surface area contributed by atoms with Crippen molar-refractivity contribution in [2.24, 2.45) is 5.92 Å². The Morgan fingerprint density at radius 2 is 2.23 bits per heavy atom. The van der Waals surface area contributed by atoms with E-state index in [4.69, 9.17) is 0 Å². The maximum Gasteiger partial charge on any atom is 0.323 e. The zero-order valence-corrected chi connectivity index (χ0v) is 12.9. The molecule has 1 fully saturated rings. The second-order valence-corrected chi connectivity index (χ2v) is 6.29. The van der Waals surface area contributed by atoms with Gasteiger partial charge in [0, 0.05) is 13.1 Å². The Hall–Kier alpha value is -2.02. The molecule has 2 amide bonds. The van der Waals surface area contributed by atoms with Crippen LogP contribution in [0.4, 0.5) is 14.3 Å². The zero-order chi connectivity index (χ0) is 15.4. The Labute approximate surface area is 132 Å². The molecule has 0 saturated carbocycles. The lowest BCUT2D eigenvalue weighted by molar-refractivity contribution is 0.177. The summed E-state index contributed by atoms with van der Waals surface area (Å²) in [6, 6.07) is 6.47. The van der Waals surface area contributed by atoms with Gasteiger partial charge in [-0.2, -0.15) is 0 Å². The van der Waals surface area contributed by atoms with Crippen LogP contribution in [-0.4, -0.2) is 34.2 Å². The van der Waals surface area contributed by atoms with Gasteiger partial charge in [-0.3, -0.25) is 5.32 Å². The summed E-state index contributed by atoms with van der Waals surface area (Å²) >= 11 is 1.30. The summed E-state index contributed by atoms with van der Waals surface area (Å²) in [5, 5.41) is 10.8. The van der Waals surface area contributed by atoms with Crippen LogP contribution in [0.1, 0.15) is 18.4 Å². The number of benzene rings is 1. The van der Waals surface area contributed by atoms with Gasteiger partial charge >= 0.3 is 6.03 Å². The number of hydrogen-bond donors (Lipinski definition) is 1. The Morgan fingerprint density at radius 1 is 1.41 bits per heavy atom. The molecule has 1 aromatic heterocycles. The lowest BCUT2D eigenvalue weighted by Crippen LogP contribution is -2.42. The molecule has 1 aliphatic heterocycles. The van der Waals surface area contributed by atoms with E-state index in [9.17, 15) is 9.18 Å². The minimum atomic E-state index is -0.217. The molecule has 0 unspecified atom stereocenters. The molecule has 2 heterocycles. The molecule has 22 heavy (non-hydrogen) atoms. The third-order valence-electron chi connectivity index (χ3n) is 3.82. The molecule has 5 nitrogen and oxygen atoms in total. The van der Waals surface area contributed by atoms with Crippen LogP contribution in [0.3, 0.4) is 0 Å². The average molecular weight is 320 g/mol. The third kappa shape index (κ3) is 3.79. The Balaban J connectivity index is 1.56. The number of piperidine rings is 1. The zero-order valence-electron chi connectivity index (χ0n) is 12.0. The highest BCUT2D eigenvalue weighted by Crippen LogP contribution is 2.22. The van der Waals surface area contributed by atoms with Crippen molar-refractivity contribution < 1.29 is 9.18 Å². The number of urea groups is 1. The molecule has 1 atom stereocenters. The van der Waals surface area contributed by atoms with E-state index in [0.29, 0.717) is 17.6 Å². The van der Waals surface area contributed by atoms with Crippen molar-refractivity contribution in [1.29, 1.82) is 0 Å². The quantitative estimate of drug-likeness (QED) is 0.945. The highest BCUT2D eigenvalue weighted by molar-refractivity contribution is 7.13. The number of carbonyl (C=O) groups is 1. The Morgan fingerprint density at radius 3 is 2.95 bits per heavy atom. The molecule has 116 valence electrons. The normalized spacial score (nSPS) is 18.2. The van der Waals surface area contributed by atoms with E-state index in [-0.39, 0.29) is 11.8 Å². The standard InChI is InChI=1S/C15H17FN4OS/c16-13-5-3-11(4-6-13)8-12-2-1-7-20(9-12)15(21)18-14-19-17-10-22-14/h3-6,10,12H,1-2,7-9H2,(H,18,19,21)/t12-/m0/s1. The maximum absolute atomic E-state index is 12.9. The van der Waals surface area contributed by atoms with Crippen LogP contribution in [0.15, 0.2) is 29.8 Å². The molecule has 0 aliphatic carbocycles. The molecule has 1 N–H and O–H groups in total. The predicted molar refractivity (Wildman–Crippen MR) is 83.3 cm³/mol. The van der Waals surface area contributed by atoms with Gasteiger partial charge in [-0.05, 0) is 42.9 Å². The fourth-order valence-corrected chi connectivity index (χ4v) is 3.20. The second kappa shape index (κ2) is 6.83. The van der Waals surface area contributed by atoms with Gasteiger partial charge in [0.25, 0.3) is 0 Å². The van der Waals surface area contributed by atoms with Crippen molar-refractivity contribution in [2.75, 3.05) is 18.4 Å². The Kier molecular flexibility index (Phi) is 4.62. The number of nitrogens with one attached hydrogen (secondary N) is 1. The summed E-state index contributed by atoms with van der Waals surface area (Å²) in [6.45, 7) is 1.46. The van der Waals surface area contributed by atoms with Crippen LogP contribution < -0.4 is 5.32 Å². The maximum atomic E-state index is 12.9. The van der Waals surface area contributed by atoms with Crippen LogP contribution in [0.2, 0.25) is 0 Å². The van der Waals surface area contributed by atoms with Crippen LogP contribution in [0.5, 0.6) is 0 Å². The molecule has 2 aromatic rings. The number of rotatable bonds is 3. The number of amides is 2. The summed E-state index contributed by atoms with van der Waals surface area (Å²) in [6.07, 6.45) is 2.93. The first-order valence-corrected chi connectivity index (χ1v) is 8.15. The van der Waals surface area contributed by atoms with E-state index in [0.717, 1.165) is 31.4 Å².